The normalized spacial score (nSPS) is 18.4. The van der Waals surface area contributed by atoms with E-state index in [0.29, 0.717) is 18.9 Å². The lowest BCUT2D eigenvalue weighted by atomic mass is 9.98. The number of likely N-dealkylation sites (N-methyl/N-ethyl adjacent to an activating group) is 1. The number of carbonyl (C=O) groups excluding carboxylic acids is 1. The molecule has 1 saturated heterocycles. The fraction of sp³-hybridized carbons (Fsp3) is 0.611. The van der Waals surface area contributed by atoms with Crippen LogP contribution < -0.4 is 0 Å². The topological polar surface area (TPSA) is 32.8 Å². The quantitative estimate of drug-likeness (QED) is 0.775. The van der Waals surface area contributed by atoms with Crippen LogP contribution in [-0.2, 0) is 16.1 Å². The van der Waals surface area contributed by atoms with Crippen molar-refractivity contribution in [1.82, 2.24) is 9.80 Å². The summed E-state index contributed by atoms with van der Waals surface area (Å²) in [5.41, 5.74) is 1.19. The lowest BCUT2D eigenvalue weighted by Gasteiger charge is -2.28. The summed E-state index contributed by atoms with van der Waals surface area (Å²) < 4.78 is 5.50. The van der Waals surface area contributed by atoms with Gasteiger partial charge in [0.2, 0.25) is 5.91 Å². The molecule has 0 aliphatic carbocycles. The van der Waals surface area contributed by atoms with Gasteiger partial charge in [-0.2, -0.15) is 0 Å². The van der Waals surface area contributed by atoms with Crippen molar-refractivity contribution in [2.24, 2.45) is 5.92 Å². The highest BCUT2D eigenvalue weighted by Crippen LogP contribution is 2.19. The van der Waals surface area contributed by atoms with Gasteiger partial charge in [0.15, 0.2) is 0 Å². The van der Waals surface area contributed by atoms with Gasteiger partial charge in [0, 0.05) is 39.3 Å². The summed E-state index contributed by atoms with van der Waals surface area (Å²) in [4.78, 5) is 16.8. The van der Waals surface area contributed by atoms with Crippen LogP contribution in [0.15, 0.2) is 30.3 Å². The number of amides is 1. The van der Waals surface area contributed by atoms with E-state index >= 15 is 0 Å². The first-order valence-electron chi connectivity index (χ1n) is 8.19. The summed E-state index contributed by atoms with van der Waals surface area (Å²) in [5, 5.41) is 0. The lowest BCUT2D eigenvalue weighted by molar-refractivity contribution is -0.134. The van der Waals surface area contributed by atoms with Gasteiger partial charge in [0.25, 0.3) is 0 Å². The molecule has 4 nitrogen and oxygen atoms in total. The smallest absolute Gasteiger partial charge is 0.223 e. The molecule has 1 heterocycles. The Morgan fingerprint density at radius 3 is 2.64 bits per heavy atom. The van der Waals surface area contributed by atoms with Crippen molar-refractivity contribution in [3.05, 3.63) is 35.9 Å². The van der Waals surface area contributed by atoms with Gasteiger partial charge in [0.1, 0.15) is 0 Å². The van der Waals surface area contributed by atoms with Crippen molar-refractivity contribution in [1.29, 1.82) is 0 Å². The van der Waals surface area contributed by atoms with E-state index in [-0.39, 0.29) is 5.91 Å². The molecule has 1 fully saturated rings. The zero-order valence-corrected chi connectivity index (χ0v) is 13.8. The van der Waals surface area contributed by atoms with Gasteiger partial charge < -0.3 is 14.5 Å². The molecule has 22 heavy (non-hydrogen) atoms. The van der Waals surface area contributed by atoms with Gasteiger partial charge in [-0.25, -0.2) is 0 Å². The van der Waals surface area contributed by atoms with E-state index in [2.05, 4.69) is 17.0 Å². The predicted octanol–water partition coefficient (Wildman–Crippen LogP) is 2.39. The molecule has 1 aliphatic rings. The summed E-state index contributed by atoms with van der Waals surface area (Å²) in [7, 11) is 4.08. The second-order valence-corrected chi connectivity index (χ2v) is 6.39. The van der Waals surface area contributed by atoms with E-state index in [1.54, 1.807) is 0 Å². The Hall–Kier alpha value is -1.39. The van der Waals surface area contributed by atoms with Crippen LogP contribution in [0.1, 0.15) is 24.8 Å². The number of hydrogen-bond acceptors (Lipinski definition) is 3. The fourth-order valence-electron chi connectivity index (χ4n) is 2.76. The summed E-state index contributed by atoms with van der Waals surface area (Å²) in [6, 6.07) is 10.2. The van der Waals surface area contributed by atoms with Crippen molar-refractivity contribution in [2.75, 3.05) is 40.4 Å². The summed E-state index contributed by atoms with van der Waals surface area (Å²) in [6.45, 7) is 3.94. The predicted molar refractivity (Wildman–Crippen MR) is 88.6 cm³/mol. The number of hydrogen-bond donors (Lipinski definition) is 0. The third-order valence-electron chi connectivity index (χ3n) is 4.10. The zero-order chi connectivity index (χ0) is 15.8. The van der Waals surface area contributed by atoms with Gasteiger partial charge >= 0.3 is 0 Å². The standard InChI is InChI=1S/C18H28N2O2/c1-19(2)10-11-20(14-16-7-4-3-5-8-16)18(21)13-17-9-6-12-22-15-17/h3-5,7-8,17H,6,9-15H2,1-2H3. The molecule has 1 aromatic rings. The van der Waals surface area contributed by atoms with E-state index in [0.717, 1.165) is 39.1 Å². The maximum Gasteiger partial charge on any atom is 0.223 e. The maximum atomic E-state index is 12.7. The summed E-state index contributed by atoms with van der Waals surface area (Å²) in [6.07, 6.45) is 2.80. The van der Waals surface area contributed by atoms with E-state index in [9.17, 15) is 4.79 Å². The van der Waals surface area contributed by atoms with E-state index in [4.69, 9.17) is 4.74 Å². The van der Waals surface area contributed by atoms with Crippen molar-refractivity contribution in [3.63, 3.8) is 0 Å². The molecule has 0 aromatic heterocycles. The second kappa shape index (κ2) is 8.91. The molecule has 122 valence electrons. The minimum Gasteiger partial charge on any atom is -0.381 e. The Morgan fingerprint density at radius 1 is 1.23 bits per heavy atom. The highest BCUT2D eigenvalue weighted by molar-refractivity contribution is 5.76. The largest absolute Gasteiger partial charge is 0.381 e. The van der Waals surface area contributed by atoms with E-state index in [1.165, 1.54) is 5.56 Å². The molecule has 1 aromatic carbocycles. The second-order valence-electron chi connectivity index (χ2n) is 6.39. The van der Waals surface area contributed by atoms with Crippen LogP contribution in [-0.4, -0.2) is 56.1 Å². The first-order chi connectivity index (χ1) is 10.6. The van der Waals surface area contributed by atoms with Gasteiger partial charge in [-0.1, -0.05) is 30.3 Å². The third-order valence-corrected chi connectivity index (χ3v) is 4.10. The SMILES string of the molecule is CN(C)CCN(Cc1ccccc1)C(=O)CC1CCCOC1. The molecular formula is C18H28N2O2. The molecule has 1 atom stereocenters. The van der Waals surface area contributed by atoms with Crippen LogP contribution in [0.5, 0.6) is 0 Å². The van der Waals surface area contributed by atoms with Gasteiger partial charge in [-0.3, -0.25) is 4.79 Å². The van der Waals surface area contributed by atoms with Crippen molar-refractivity contribution >= 4 is 5.91 Å². The molecule has 2 rings (SSSR count). The van der Waals surface area contributed by atoms with Crippen LogP contribution in [0, 0.1) is 5.92 Å². The molecule has 1 aliphatic heterocycles. The third kappa shape index (κ3) is 5.78. The Balaban J connectivity index is 1.94. The van der Waals surface area contributed by atoms with Crippen LogP contribution in [0.25, 0.3) is 0 Å². The van der Waals surface area contributed by atoms with Crippen LogP contribution in [0.3, 0.4) is 0 Å². The van der Waals surface area contributed by atoms with Crippen molar-refractivity contribution in [3.8, 4) is 0 Å². The highest BCUT2D eigenvalue weighted by Gasteiger charge is 2.21. The fourth-order valence-corrected chi connectivity index (χ4v) is 2.76. The van der Waals surface area contributed by atoms with Crippen LogP contribution in [0.4, 0.5) is 0 Å². The maximum absolute atomic E-state index is 12.7. The molecule has 0 N–H and O–H groups in total. The van der Waals surface area contributed by atoms with Crippen molar-refractivity contribution < 1.29 is 9.53 Å². The summed E-state index contributed by atoms with van der Waals surface area (Å²) in [5.74, 6) is 0.639. The number of carbonyl (C=O) groups is 1. The molecular weight excluding hydrogens is 276 g/mol. The van der Waals surface area contributed by atoms with E-state index < -0.39 is 0 Å². The Morgan fingerprint density at radius 2 is 2.00 bits per heavy atom. The van der Waals surface area contributed by atoms with Gasteiger partial charge in [-0.15, -0.1) is 0 Å². The van der Waals surface area contributed by atoms with Gasteiger partial charge in [0.05, 0.1) is 0 Å². The Bertz CT molecular complexity index is 442. The molecule has 0 bridgehead atoms. The van der Waals surface area contributed by atoms with Crippen LogP contribution >= 0.6 is 0 Å². The Kier molecular flexibility index (Phi) is 6.87. The molecule has 0 saturated carbocycles. The number of rotatable bonds is 7. The molecule has 0 spiro atoms. The zero-order valence-electron chi connectivity index (χ0n) is 13.8. The highest BCUT2D eigenvalue weighted by atomic mass is 16.5. The molecule has 1 unspecified atom stereocenters. The minimum absolute atomic E-state index is 0.251. The number of ether oxygens (including phenoxy) is 1. The minimum atomic E-state index is 0.251. The average molecular weight is 304 g/mol. The summed E-state index contributed by atoms with van der Waals surface area (Å²) >= 11 is 0. The molecule has 1 amide bonds. The monoisotopic (exact) mass is 304 g/mol. The Labute approximate surface area is 134 Å². The average Bonchev–Trinajstić information content (AvgIpc) is 2.53. The lowest BCUT2D eigenvalue weighted by Crippen LogP contribution is -2.37. The van der Waals surface area contributed by atoms with E-state index in [1.807, 2.05) is 37.2 Å². The number of benzene rings is 1. The molecule has 0 radical (unpaired) electrons. The first-order valence-corrected chi connectivity index (χ1v) is 8.19. The van der Waals surface area contributed by atoms with Crippen LogP contribution in [0.2, 0.25) is 0 Å². The van der Waals surface area contributed by atoms with Gasteiger partial charge in [-0.05, 0) is 38.4 Å². The van der Waals surface area contributed by atoms with Crippen molar-refractivity contribution in [2.45, 2.75) is 25.8 Å². The number of nitrogens with zero attached hydrogens (tertiary/aromatic N) is 2. The first kappa shape index (κ1) is 17.0. The molecule has 4 heteroatoms.